The van der Waals surface area contributed by atoms with Gasteiger partial charge in [0.25, 0.3) is 0 Å². The maximum atomic E-state index is 13.2. The Morgan fingerprint density at radius 1 is 0.872 bits per heavy atom. The third kappa shape index (κ3) is 13.1. The van der Waals surface area contributed by atoms with Gasteiger partial charge >= 0.3 is 5.97 Å². The summed E-state index contributed by atoms with van der Waals surface area (Å²) < 4.78 is 0. The van der Waals surface area contributed by atoms with Crippen molar-refractivity contribution in [1.29, 1.82) is 0 Å². The molecule has 3 amide bonds. The van der Waals surface area contributed by atoms with E-state index in [2.05, 4.69) is 20.9 Å². The third-order valence-electron chi connectivity index (χ3n) is 6.02. The van der Waals surface area contributed by atoms with Gasteiger partial charge in [0.1, 0.15) is 18.1 Å². The van der Waals surface area contributed by atoms with Gasteiger partial charge < -0.3 is 44.0 Å². The van der Waals surface area contributed by atoms with E-state index in [0.717, 1.165) is 5.56 Å². The first-order valence-electron chi connectivity index (χ1n) is 13.1. The van der Waals surface area contributed by atoms with Crippen LogP contribution in [0.15, 0.2) is 35.3 Å². The first kappa shape index (κ1) is 33.3. The molecule has 0 saturated heterocycles. The van der Waals surface area contributed by atoms with E-state index in [-0.39, 0.29) is 31.3 Å². The lowest BCUT2D eigenvalue weighted by Gasteiger charge is -2.27. The summed E-state index contributed by atoms with van der Waals surface area (Å²) in [5.74, 6) is -3.36. The second-order valence-corrected chi connectivity index (χ2v) is 9.72. The molecule has 13 nitrogen and oxygen atoms in total. The number of nitrogens with two attached hydrogens (primary N) is 4. The summed E-state index contributed by atoms with van der Waals surface area (Å²) in [6.07, 6.45) is 2.08. The molecule has 4 atom stereocenters. The lowest BCUT2D eigenvalue weighted by atomic mass is 10.00. The molecular weight excluding hydrogens is 504 g/mol. The molecule has 39 heavy (non-hydrogen) atoms. The van der Waals surface area contributed by atoms with Gasteiger partial charge in [-0.15, -0.1) is 0 Å². The van der Waals surface area contributed by atoms with E-state index in [4.69, 9.17) is 22.9 Å². The quantitative estimate of drug-likeness (QED) is 0.0632. The Hall–Kier alpha value is -3.71. The van der Waals surface area contributed by atoms with E-state index in [0.29, 0.717) is 32.2 Å². The summed E-state index contributed by atoms with van der Waals surface area (Å²) in [6, 6.07) is 5.21. The maximum Gasteiger partial charge on any atom is 0.326 e. The molecule has 0 fully saturated rings. The molecule has 0 aliphatic rings. The number of hydrogen-bond acceptors (Lipinski definition) is 7. The van der Waals surface area contributed by atoms with Crippen LogP contribution in [0.2, 0.25) is 0 Å². The minimum absolute atomic E-state index is 0.0886. The number of benzene rings is 1. The van der Waals surface area contributed by atoms with Crippen molar-refractivity contribution >= 4 is 29.7 Å². The second kappa shape index (κ2) is 17.7. The van der Waals surface area contributed by atoms with E-state index in [1.165, 1.54) is 0 Å². The van der Waals surface area contributed by atoms with Crippen LogP contribution < -0.4 is 38.9 Å². The number of aliphatic imine (C=N–C) groups is 1. The van der Waals surface area contributed by atoms with Crippen LogP contribution in [0.1, 0.15) is 51.5 Å². The molecule has 218 valence electrons. The highest BCUT2D eigenvalue weighted by Gasteiger charge is 2.31. The van der Waals surface area contributed by atoms with Crippen LogP contribution in [0.25, 0.3) is 0 Å². The predicted molar refractivity (Wildman–Crippen MR) is 149 cm³/mol. The number of nitrogens with zero attached hydrogens (tertiary/aromatic N) is 1. The number of unbranched alkanes of at least 4 members (excludes halogenated alkanes) is 1. The molecule has 4 unspecified atom stereocenters. The standard InChI is InChI=1S/C26H44N8O5/c1-16(2)21(34-22(35)18(28)15-17-9-4-3-5-10-17)24(37)32-19(11-6-7-13-27)23(36)33-20(25(38)39)12-8-14-31-26(29)30/h3-5,9-10,16,18-21H,6-8,11-15,27-28H2,1-2H3,(H,32,37)(H,33,36)(H,34,35)(H,38,39)(H4,29,30,31). The molecule has 0 aliphatic heterocycles. The van der Waals surface area contributed by atoms with Crippen LogP contribution in [-0.2, 0) is 25.6 Å². The van der Waals surface area contributed by atoms with Crippen molar-refractivity contribution in [3.63, 3.8) is 0 Å². The Morgan fingerprint density at radius 3 is 2.05 bits per heavy atom. The summed E-state index contributed by atoms with van der Waals surface area (Å²) in [4.78, 5) is 54.6. The number of carbonyl (C=O) groups excluding carboxylic acids is 3. The molecule has 12 N–H and O–H groups in total. The molecule has 0 heterocycles. The van der Waals surface area contributed by atoms with Gasteiger partial charge in [-0.1, -0.05) is 44.2 Å². The molecule has 1 aromatic carbocycles. The van der Waals surface area contributed by atoms with Gasteiger partial charge in [-0.25, -0.2) is 4.79 Å². The summed E-state index contributed by atoms with van der Waals surface area (Å²) in [7, 11) is 0. The van der Waals surface area contributed by atoms with Crippen molar-refractivity contribution < 1.29 is 24.3 Å². The zero-order valence-corrected chi connectivity index (χ0v) is 22.8. The predicted octanol–water partition coefficient (Wildman–Crippen LogP) is -1.07. The molecule has 1 aromatic rings. The molecule has 13 heteroatoms. The highest BCUT2D eigenvalue weighted by molar-refractivity contribution is 5.94. The summed E-state index contributed by atoms with van der Waals surface area (Å²) in [5, 5.41) is 17.4. The van der Waals surface area contributed by atoms with Gasteiger partial charge in [-0.05, 0) is 56.6 Å². The average molecular weight is 549 g/mol. The molecule has 1 rings (SSSR count). The van der Waals surface area contributed by atoms with Crippen LogP contribution >= 0.6 is 0 Å². The minimum Gasteiger partial charge on any atom is -0.480 e. The zero-order chi connectivity index (χ0) is 29.4. The van der Waals surface area contributed by atoms with Crippen molar-refractivity contribution in [1.82, 2.24) is 16.0 Å². The normalized spacial score (nSPS) is 14.0. The van der Waals surface area contributed by atoms with Crippen molar-refractivity contribution in [2.45, 2.75) is 76.5 Å². The zero-order valence-electron chi connectivity index (χ0n) is 22.8. The van der Waals surface area contributed by atoms with Crippen LogP contribution in [-0.4, -0.2) is 72.0 Å². The second-order valence-electron chi connectivity index (χ2n) is 9.72. The van der Waals surface area contributed by atoms with Gasteiger partial charge in [-0.3, -0.25) is 19.4 Å². The largest absolute Gasteiger partial charge is 0.480 e. The van der Waals surface area contributed by atoms with Crippen LogP contribution in [0.5, 0.6) is 0 Å². The molecule has 0 radical (unpaired) electrons. The van der Waals surface area contributed by atoms with Gasteiger partial charge in [0, 0.05) is 6.54 Å². The average Bonchev–Trinajstić information content (AvgIpc) is 2.88. The first-order chi connectivity index (χ1) is 18.5. The van der Waals surface area contributed by atoms with Gasteiger partial charge in [0.05, 0.1) is 6.04 Å². The number of carboxylic acid groups (broad SMARTS) is 1. The molecule has 0 aliphatic carbocycles. The van der Waals surface area contributed by atoms with Gasteiger partial charge in [-0.2, -0.15) is 0 Å². The van der Waals surface area contributed by atoms with Crippen molar-refractivity contribution in [2.24, 2.45) is 33.8 Å². The Kier molecular flexibility index (Phi) is 15.2. The number of carbonyl (C=O) groups is 4. The molecule has 0 saturated carbocycles. The number of hydrogen-bond donors (Lipinski definition) is 8. The fourth-order valence-electron chi connectivity index (χ4n) is 3.81. The smallest absolute Gasteiger partial charge is 0.326 e. The molecule has 0 spiro atoms. The van der Waals surface area contributed by atoms with Crippen molar-refractivity contribution in [2.75, 3.05) is 13.1 Å². The minimum atomic E-state index is -1.22. The lowest BCUT2D eigenvalue weighted by Crippen LogP contribution is -2.58. The fourth-order valence-corrected chi connectivity index (χ4v) is 3.81. The number of nitrogens with one attached hydrogen (secondary N) is 3. The van der Waals surface area contributed by atoms with Crippen LogP contribution in [0.3, 0.4) is 0 Å². The summed E-state index contributed by atoms with van der Waals surface area (Å²) in [6.45, 7) is 4.12. The number of amides is 3. The third-order valence-corrected chi connectivity index (χ3v) is 6.02. The number of carboxylic acids is 1. The molecule has 0 bridgehead atoms. The number of aliphatic carboxylic acids is 1. The monoisotopic (exact) mass is 548 g/mol. The maximum absolute atomic E-state index is 13.2. The van der Waals surface area contributed by atoms with Crippen molar-refractivity contribution in [3.05, 3.63) is 35.9 Å². The topological polar surface area (TPSA) is 241 Å². The number of rotatable bonds is 18. The van der Waals surface area contributed by atoms with E-state index >= 15 is 0 Å². The highest BCUT2D eigenvalue weighted by Crippen LogP contribution is 2.09. The lowest BCUT2D eigenvalue weighted by molar-refractivity contribution is -0.142. The highest BCUT2D eigenvalue weighted by atomic mass is 16.4. The van der Waals surface area contributed by atoms with Gasteiger partial charge in [0.15, 0.2) is 5.96 Å². The van der Waals surface area contributed by atoms with E-state index in [9.17, 15) is 24.3 Å². The number of guanidine groups is 1. The van der Waals surface area contributed by atoms with E-state index < -0.39 is 47.9 Å². The van der Waals surface area contributed by atoms with E-state index in [1.54, 1.807) is 13.8 Å². The van der Waals surface area contributed by atoms with Crippen molar-refractivity contribution in [3.8, 4) is 0 Å². The Morgan fingerprint density at radius 2 is 1.49 bits per heavy atom. The Balaban J connectivity index is 2.90. The Bertz CT molecular complexity index is 953. The van der Waals surface area contributed by atoms with E-state index in [1.807, 2.05) is 30.3 Å². The summed E-state index contributed by atoms with van der Waals surface area (Å²) in [5.41, 5.74) is 23.1. The molecule has 0 aromatic heterocycles. The van der Waals surface area contributed by atoms with Crippen LogP contribution in [0, 0.1) is 5.92 Å². The first-order valence-corrected chi connectivity index (χ1v) is 13.1. The summed E-state index contributed by atoms with van der Waals surface area (Å²) >= 11 is 0. The molecular formula is C26H44N8O5. The SMILES string of the molecule is CC(C)C(NC(=O)C(N)Cc1ccccc1)C(=O)NC(CCCCN)C(=O)NC(CCCN=C(N)N)C(=O)O. The van der Waals surface area contributed by atoms with Crippen LogP contribution in [0.4, 0.5) is 0 Å². The Labute approximate surface area is 229 Å². The fraction of sp³-hybridized carbons (Fsp3) is 0.577. The van der Waals surface area contributed by atoms with Gasteiger partial charge in [0.2, 0.25) is 17.7 Å².